The van der Waals surface area contributed by atoms with Crippen LogP contribution in [0.4, 0.5) is 10.1 Å². The fourth-order valence-corrected chi connectivity index (χ4v) is 4.32. The molecule has 0 saturated carbocycles. The van der Waals surface area contributed by atoms with Crippen molar-refractivity contribution in [3.63, 3.8) is 0 Å². The average molecular weight is 338 g/mol. The lowest BCUT2D eigenvalue weighted by atomic mass is 9.85. The molecule has 2 atom stereocenters. The second-order valence-corrected chi connectivity index (χ2v) is 8.12. The molecule has 0 spiro atoms. The molecule has 0 aliphatic carbocycles. The molecule has 1 aromatic rings. The van der Waals surface area contributed by atoms with Gasteiger partial charge in [-0.1, -0.05) is 0 Å². The quantitative estimate of drug-likeness (QED) is 0.718. The van der Waals surface area contributed by atoms with Crippen LogP contribution in [0.2, 0.25) is 0 Å². The van der Waals surface area contributed by atoms with Gasteiger partial charge < -0.3 is 16.8 Å². The standard InChI is InChI=1S/C16H23FN4OS/c1-15(2)14(19)21-16(3,13(23-15)6-7-18)11-8-10(20-9-22)4-5-12(11)17/h4-5,8-9,13H,6-7,18H2,1-3H3,(H2,19,21)(H,20,22)/t13?,16-/m1/s1. The van der Waals surface area contributed by atoms with Crippen LogP contribution in [0, 0.1) is 5.82 Å². The highest BCUT2D eigenvalue weighted by atomic mass is 32.2. The molecule has 1 aliphatic rings. The average Bonchev–Trinajstić information content (AvgIpc) is 2.47. The van der Waals surface area contributed by atoms with Crippen molar-refractivity contribution in [3.05, 3.63) is 29.6 Å². The number of thioether (sulfide) groups is 1. The minimum atomic E-state index is -0.839. The van der Waals surface area contributed by atoms with Gasteiger partial charge in [-0.2, -0.15) is 0 Å². The van der Waals surface area contributed by atoms with E-state index in [9.17, 15) is 9.18 Å². The Labute approximate surface area is 140 Å². The van der Waals surface area contributed by atoms with E-state index in [0.717, 1.165) is 0 Å². The molecule has 1 amide bonds. The summed E-state index contributed by atoms with van der Waals surface area (Å²) >= 11 is 1.66. The number of amides is 1. The number of carbonyl (C=O) groups is 1. The van der Waals surface area contributed by atoms with Gasteiger partial charge in [0.15, 0.2) is 0 Å². The normalized spacial score (nSPS) is 26.5. The SMILES string of the molecule is CC1(C)SC(CCN)[C@@](C)(c2cc(NC=O)ccc2F)N=C1N. The molecule has 0 fully saturated rings. The van der Waals surface area contributed by atoms with Gasteiger partial charge in [0.25, 0.3) is 0 Å². The lowest BCUT2D eigenvalue weighted by Gasteiger charge is -2.44. The highest BCUT2D eigenvalue weighted by Crippen LogP contribution is 2.48. The van der Waals surface area contributed by atoms with Gasteiger partial charge in [-0.15, -0.1) is 11.8 Å². The zero-order valence-corrected chi connectivity index (χ0v) is 14.4. The predicted molar refractivity (Wildman–Crippen MR) is 94.2 cm³/mol. The second-order valence-electron chi connectivity index (χ2n) is 6.30. The van der Waals surface area contributed by atoms with Crippen LogP contribution in [-0.4, -0.2) is 28.8 Å². The van der Waals surface area contributed by atoms with Crippen molar-refractivity contribution in [1.82, 2.24) is 0 Å². The smallest absolute Gasteiger partial charge is 0.211 e. The Morgan fingerprint density at radius 2 is 2.13 bits per heavy atom. The molecular weight excluding hydrogens is 315 g/mol. The lowest BCUT2D eigenvalue weighted by molar-refractivity contribution is -0.105. The topological polar surface area (TPSA) is 93.5 Å². The maximum absolute atomic E-state index is 14.5. The largest absolute Gasteiger partial charge is 0.386 e. The van der Waals surface area contributed by atoms with Crippen LogP contribution in [0.5, 0.6) is 0 Å². The summed E-state index contributed by atoms with van der Waals surface area (Å²) in [6.45, 7) is 6.35. The van der Waals surface area contributed by atoms with E-state index in [1.165, 1.54) is 12.1 Å². The number of nitrogens with zero attached hydrogens (tertiary/aromatic N) is 1. The van der Waals surface area contributed by atoms with Crippen LogP contribution < -0.4 is 16.8 Å². The van der Waals surface area contributed by atoms with Crippen LogP contribution in [-0.2, 0) is 10.3 Å². The van der Waals surface area contributed by atoms with Gasteiger partial charge in [0, 0.05) is 16.5 Å². The highest BCUT2D eigenvalue weighted by Gasteiger charge is 2.46. The van der Waals surface area contributed by atoms with E-state index in [0.29, 0.717) is 36.5 Å². The molecule has 5 N–H and O–H groups in total. The maximum Gasteiger partial charge on any atom is 0.211 e. The van der Waals surface area contributed by atoms with Crippen molar-refractivity contribution < 1.29 is 9.18 Å². The van der Waals surface area contributed by atoms with E-state index in [1.54, 1.807) is 17.8 Å². The number of nitrogens with two attached hydrogens (primary N) is 2. The van der Waals surface area contributed by atoms with Gasteiger partial charge in [0.1, 0.15) is 11.7 Å². The van der Waals surface area contributed by atoms with Gasteiger partial charge in [0.05, 0.1) is 10.3 Å². The summed E-state index contributed by atoms with van der Waals surface area (Å²) in [7, 11) is 0. The van der Waals surface area contributed by atoms with Gasteiger partial charge in [-0.25, -0.2) is 4.39 Å². The number of aliphatic imine (C=N–C) groups is 1. The van der Waals surface area contributed by atoms with Crippen molar-refractivity contribution in [2.75, 3.05) is 11.9 Å². The number of anilines is 1. The predicted octanol–water partition coefficient (Wildman–Crippen LogP) is 2.21. The van der Waals surface area contributed by atoms with Crippen molar-refractivity contribution in [2.24, 2.45) is 16.5 Å². The third-order valence-corrected chi connectivity index (χ3v) is 5.98. The summed E-state index contributed by atoms with van der Waals surface area (Å²) in [6.07, 6.45) is 1.25. The van der Waals surface area contributed by atoms with Crippen molar-refractivity contribution in [1.29, 1.82) is 0 Å². The van der Waals surface area contributed by atoms with Crippen LogP contribution in [0.15, 0.2) is 23.2 Å². The molecule has 0 bridgehead atoms. The Balaban J connectivity index is 2.58. The van der Waals surface area contributed by atoms with E-state index in [4.69, 9.17) is 11.5 Å². The second kappa shape index (κ2) is 6.49. The molecule has 1 heterocycles. The summed E-state index contributed by atoms with van der Waals surface area (Å²) in [5, 5.41) is 2.53. The molecule has 0 aromatic heterocycles. The molecule has 5 nitrogen and oxygen atoms in total. The van der Waals surface area contributed by atoms with E-state index in [2.05, 4.69) is 10.3 Å². The highest BCUT2D eigenvalue weighted by molar-refractivity contribution is 8.02. The first-order chi connectivity index (χ1) is 10.7. The van der Waals surface area contributed by atoms with Gasteiger partial charge >= 0.3 is 0 Å². The number of halogens is 1. The molecule has 1 aliphatic heterocycles. The molecule has 7 heteroatoms. The lowest BCUT2D eigenvalue weighted by Crippen LogP contribution is -2.49. The van der Waals surface area contributed by atoms with E-state index in [1.807, 2.05) is 20.8 Å². The van der Waals surface area contributed by atoms with E-state index < -0.39 is 5.54 Å². The van der Waals surface area contributed by atoms with Crippen LogP contribution in [0.25, 0.3) is 0 Å². The Hall–Kier alpha value is -1.60. The Kier molecular flexibility index (Phi) is 5.01. The fraction of sp³-hybridized carbons (Fsp3) is 0.500. The molecule has 23 heavy (non-hydrogen) atoms. The van der Waals surface area contributed by atoms with Crippen LogP contribution in [0.1, 0.15) is 32.8 Å². The van der Waals surface area contributed by atoms with Gasteiger partial charge in [-0.05, 0) is 51.9 Å². The van der Waals surface area contributed by atoms with E-state index in [-0.39, 0.29) is 15.8 Å². The molecule has 0 saturated heterocycles. The summed E-state index contributed by atoms with van der Waals surface area (Å²) in [5.74, 6) is 0.106. The molecule has 1 unspecified atom stereocenters. The minimum Gasteiger partial charge on any atom is -0.386 e. The molecular formula is C16H23FN4OS. The van der Waals surface area contributed by atoms with Crippen LogP contribution >= 0.6 is 11.8 Å². The number of rotatable bonds is 5. The maximum atomic E-state index is 14.5. The molecule has 1 aromatic carbocycles. The molecule has 0 radical (unpaired) electrons. The summed E-state index contributed by atoms with van der Waals surface area (Å²) in [4.78, 5) is 15.3. The van der Waals surface area contributed by atoms with E-state index >= 15 is 0 Å². The Bertz CT molecular complexity index is 635. The third kappa shape index (κ3) is 3.35. The monoisotopic (exact) mass is 338 g/mol. The number of benzene rings is 1. The summed E-state index contributed by atoms with van der Waals surface area (Å²) in [6, 6.07) is 4.46. The van der Waals surface area contributed by atoms with Crippen molar-refractivity contribution in [3.8, 4) is 0 Å². The summed E-state index contributed by atoms with van der Waals surface area (Å²) in [5.41, 5.74) is 12.0. The van der Waals surface area contributed by atoms with Gasteiger partial charge in [0.2, 0.25) is 6.41 Å². The number of nitrogens with one attached hydrogen (secondary N) is 1. The Morgan fingerprint density at radius 3 is 2.74 bits per heavy atom. The van der Waals surface area contributed by atoms with Gasteiger partial charge in [-0.3, -0.25) is 9.79 Å². The molecule has 2 rings (SSSR count). The zero-order valence-electron chi connectivity index (χ0n) is 13.6. The third-order valence-electron chi connectivity index (χ3n) is 4.20. The van der Waals surface area contributed by atoms with Crippen LogP contribution in [0.3, 0.4) is 0 Å². The van der Waals surface area contributed by atoms with Crippen molar-refractivity contribution >= 4 is 29.7 Å². The first-order valence-electron chi connectivity index (χ1n) is 7.48. The first-order valence-corrected chi connectivity index (χ1v) is 8.36. The molecule has 126 valence electrons. The Morgan fingerprint density at radius 1 is 1.43 bits per heavy atom. The number of hydrogen-bond donors (Lipinski definition) is 3. The minimum absolute atomic E-state index is 0.0178. The summed E-state index contributed by atoms with van der Waals surface area (Å²) < 4.78 is 14.2. The number of hydrogen-bond acceptors (Lipinski definition) is 5. The van der Waals surface area contributed by atoms with Crippen molar-refractivity contribution in [2.45, 2.75) is 42.7 Å². The number of carbonyl (C=O) groups excluding carboxylic acids is 1. The number of amidine groups is 1. The fourth-order valence-electron chi connectivity index (χ4n) is 2.78. The zero-order chi connectivity index (χ0) is 17.3. The first kappa shape index (κ1) is 17.7.